The second-order valence-corrected chi connectivity index (χ2v) is 4.12. The fraction of sp³-hybridized carbons (Fsp3) is 0.273. The molecule has 84 valence electrons. The summed E-state index contributed by atoms with van der Waals surface area (Å²) in [4.78, 5) is 24.4. The van der Waals surface area contributed by atoms with Crippen LogP contribution in [0, 0.1) is 0 Å². The van der Waals surface area contributed by atoms with Crippen molar-refractivity contribution in [2.45, 2.75) is 13.0 Å². The van der Waals surface area contributed by atoms with Crippen LogP contribution < -0.4 is 10.2 Å². The zero-order valence-corrected chi connectivity index (χ0v) is 9.71. The van der Waals surface area contributed by atoms with E-state index in [1.54, 1.807) is 25.2 Å². The molecular formula is C11H11ClN2O2. The molecule has 0 saturated heterocycles. The molecular weight excluding hydrogens is 228 g/mol. The number of benzene rings is 1. The standard InChI is InChI=1S/C11H11ClN2O2/c1-6(15)13-9-7-4-3-5-8(12)10(7)14(2)11(9)16/h3-5,9H,1-2H3,(H,13,15)/t9-/m0/s1. The third-order valence-corrected chi connectivity index (χ3v) is 2.89. The van der Waals surface area contributed by atoms with Crippen LogP contribution in [-0.4, -0.2) is 18.9 Å². The second-order valence-electron chi connectivity index (χ2n) is 3.71. The number of nitrogens with zero attached hydrogens (tertiary/aromatic N) is 1. The highest BCUT2D eigenvalue weighted by Gasteiger charge is 2.36. The molecule has 1 aliphatic rings. The van der Waals surface area contributed by atoms with Crippen molar-refractivity contribution in [3.05, 3.63) is 28.8 Å². The molecule has 0 fully saturated rings. The van der Waals surface area contributed by atoms with Crippen LogP contribution in [0.25, 0.3) is 0 Å². The molecule has 1 heterocycles. The largest absolute Gasteiger partial charge is 0.341 e. The first-order valence-corrected chi connectivity index (χ1v) is 5.23. The van der Waals surface area contributed by atoms with Crippen molar-refractivity contribution >= 4 is 29.1 Å². The van der Waals surface area contributed by atoms with Gasteiger partial charge in [-0.25, -0.2) is 0 Å². The Bertz CT molecular complexity index is 473. The van der Waals surface area contributed by atoms with Crippen molar-refractivity contribution in [3.8, 4) is 0 Å². The van der Waals surface area contributed by atoms with E-state index in [0.29, 0.717) is 10.7 Å². The molecule has 1 N–H and O–H groups in total. The van der Waals surface area contributed by atoms with Crippen LogP contribution in [0.2, 0.25) is 5.02 Å². The number of amides is 2. The minimum Gasteiger partial charge on any atom is -0.341 e. The highest BCUT2D eigenvalue weighted by Crippen LogP contribution is 2.39. The molecule has 5 heteroatoms. The van der Waals surface area contributed by atoms with Crippen molar-refractivity contribution < 1.29 is 9.59 Å². The molecule has 2 rings (SSSR count). The van der Waals surface area contributed by atoms with E-state index in [2.05, 4.69) is 5.32 Å². The van der Waals surface area contributed by atoms with Crippen LogP contribution in [0.3, 0.4) is 0 Å². The fourth-order valence-corrected chi connectivity index (χ4v) is 2.21. The summed E-state index contributed by atoms with van der Waals surface area (Å²) >= 11 is 6.03. The summed E-state index contributed by atoms with van der Waals surface area (Å²) in [6.45, 7) is 1.38. The summed E-state index contributed by atoms with van der Waals surface area (Å²) in [7, 11) is 1.65. The number of nitrogens with one attached hydrogen (secondary N) is 1. The lowest BCUT2D eigenvalue weighted by molar-refractivity contribution is -0.125. The Kier molecular flexibility index (Phi) is 2.59. The topological polar surface area (TPSA) is 49.4 Å². The van der Waals surface area contributed by atoms with Gasteiger partial charge in [0.2, 0.25) is 5.91 Å². The van der Waals surface area contributed by atoms with Gasteiger partial charge < -0.3 is 10.2 Å². The first-order valence-electron chi connectivity index (χ1n) is 4.85. The quantitative estimate of drug-likeness (QED) is 0.806. The molecule has 0 aromatic heterocycles. The first-order chi connectivity index (χ1) is 7.52. The maximum Gasteiger partial charge on any atom is 0.254 e. The van der Waals surface area contributed by atoms with Crippen LogP contribution in [0.15, 0.2) is 18.2 Å². The molecule has 0 radical (unpaired) electrons. The smallest absolute Gasteiger partial charge is 0.254 e. The van der Waals surface area contributed by atoms with Crippen molar-refractivity contribution in [3.63, 3.8) is 0 Å². The van der Waals surface area contributed by atoms with Gasteiger partial charge in [0.1, 0.15) is 6.04 Å². The predicted octanol–water partition coefficient (Wildman–Crippen LogP) is 1.49. The Morgan fingerprint density at radius 2 is 2.19 bits per heavy atom. The summed E-state index contributed by atoms with van der Waals surface area (Å²) in [5.74, 6) is -0.405. The lowest BCUT2D eigenvalue weighted by Crippen LogP contribution is -2.34. The van der Waals surface area contributed by atoms with E-state index in [4.69, 9.17) is 11.6 Å². The van der Waals surface area contributed by atoms with Gasteiger partial charge in [-0.15, -0.1) is 0 Å². The Hall–Kier alpha value is -1.55. The van der Waals surface area contributed by atoms with Gasteiger partial charge in [-0.2, -0.15) is 0 Å². The molecule has 1 aromatic rings. The molecule has 0 saturated carbocycles. The summed E-state index contributed by atoms with van der Waals surface area (Å²) in [6.07, 6.45) is 0. The SMILES string of the molecule is CC(=O)N[C@@H]1C(=O)N(C)c2c(Cl)cccc21. The van der Waals surface area contributed by atoms with E-state index in [1.165, 1.54) is 11.8 Å². The van der Waals surface area contributed by atoms with Gasteiger partial charge in [0.25, 0.3) is 5.91 Å². The van der Waals surface area contributed by atoms with E-state index < -0.39 is 6.04 Å². The predicted molar refractivity (Wildman–Crippen MR) is 61.4 cm³/mol. The Morgan fingerprint density at radius 1 is 1.50 bits per heavy atom. The van der Waals surface area contributed by atoms with E-state index in [1.807, 2.05) is 0 Å². The molecule has 4 nitrogen and oxygen atoms in total. The molecule has 0 bridgehead atoms. The molecule has 16 heavy (non-hydrogen) atoms. The number of carbonyl (C=O) groups excluding carboxylic acids is 2. The van der Waals surface area contributed by atoms with Crippen LogP contribution in [-0.2, 0) is 9.59 Å². The van der Waals surface area contributed by atoms with Gasteiger partial charge in [-0.3, -0.25) is 9.59 Å². The summed E-state index contributed by atoms with van der Waals surface area (Å²) < 4.78 is 0. The molecule has 2 amide bonds. The average Bonchev–Trinajstić information content (AvgIpc) is 2.44. The van der Waals surface area contributed by atoms with E-state index in [-0.39, 0.29) is 11.8 Å². The number of hydrogen-bond acceptors (Lipinski definition) is 2. The lowest BCUT2D eigenvalue weighted by atomic mass is 10.1. The van der Waals surface area contributed by atoms with Crippen LogP contribution in [0.1, 0.15) is 18.5 Å². The highest BCUT2D eigenvalue weighted by atomic mass is 35.5. The number of likely N-dealkylation sites (N-methyl/N-ethyl adjacent to an activating group) is 1. The maximum absolute atomic E-state index is 11.9. The molecule has 0 aliphatic carbocycles. The number of para-hydroxylation sites is 1. The number of halogens is 1. The van der Waals surface area contributed by atoms with E-state index in [9.17, 15) is 9.59 Å². The first kappa shape index (κ1) is 11.0. The molecule has 0 spiro atoms. The lowest BCUT2D eigenvalue weighted by Gasteiger charge is -2.11. The summed E-state index contributed by atoms with van der Waals surface area (Å²) in [5.41, 5.74) is 1.42. The minimum absolute atomic E-state index is 0.168. The average molecular weight is 239 g/mol. The molecule has 0 unspecified atom stereocenters. The third-order valence-electron chi connectivity index (χ3n) is 2.59. The fourth-order valence-electron chi connectivity index (χ4n) is 1.90. The van der Waals surface area contributed by atoms with Crippen molar-refractivity contribution in [2.75, 3.05) is 11.9 Å². The number of hydrogen-bond donors (Lipinski definition) is 1. The number of carbonyl (C=O) groups is 2. The van der Waals surface area contributed by atoms with Crippen LogP contribution in [0.4, 0.5) is 5.69 Å². The Morgan fingerprint density at radius 3 is 2.81 bits per heavy atom. The molecule has 1 aliphatic heterocycles. The summed E-state index contributed by atoms with van der Waals surface area (Å²) in [6, 6.07) is 4.67. The van der Waals surface area contributed by atoms with Crippen molar-refractivity contribution in [1.29, 1.82) is 0 Å². The van der Waals surface area contributed by atoms with Gasteiger partial charge >= 0.3 is 0 Å². The highest BCUT2D eigenvalue weighted by molar-refractivity contribution is 6.34. The van der Waals surface area contributed by atoms with Gasteiger partial charge in [-0.1, -0.05) is 23.7 Å². The molecule has 1 atom stereocenters. The van der Waals surface area contributed by atoms with Crippen molar-refractivity contribution in [2.24, 2.45) is 0 Å². The third kappa shape index (κ3) is 1.55. The molecule has 1 aromatic carbocycles. The van der Waals surface area contributed by atoms with E-state index >= 15 is 0 Å². The van der Waals surface area contributed by atoms with Gasteiger partial charge in [-0.05, 0) is 6.07 Å². The Labute approximate surface area is 98.2 Å². The monoisotopic (exact) mass is 238 g/mol. The zero-order chi connectivity index (χ0) is 11.9. The van der Waals surface area contributed by atoms with Gasteiger partial charge in [0.05, 0.1) is 10.7 Å². The second kappa shape index (κ2) is 3.79. The van der Waals surface area contributed by atoms with Crippen molar-refractivity contribution in [1.82, 2.24) is 5.32 Å². The normalized spacial score (nSPS) is 18.6. The van der Waals surface area contributed by atoms with Gasteiger partial charge in [0.15, 0.2) is 0 Å². The number of anilines is 1. The van der Waals surface area contributed by atoms with Crippen LogP contribution >= 0.6 is 11.6 Å². The van der Waals surface area contributed by atoms with Crippen LogP contribution in [0.5, 0.6) is 0 Å². The number of fused-ring (bicyclic) bond motifs is 1. The zero-order valence-electron chi connectivity index (χ0n) is 8.95. The minimum atomic E-state index is -0.615. The van der Waals surface area contributed by atoms with Gasteiger partial charge in [0, 0.05) is 19.5 Å². The summed E-state index contributed by atoms with van der Waals surface area (Å²) in [5, 5.41) is 3.13. The number of rotatable bonds is 1. The van der Waals surface area contributed by atoms with E-state index in [0.717, 1.165) is 5.56 Å². The maximum atomic E-state index is 11.9. The Balaban J connectivity index is 2.50.